The first kappa shape index (κ1) is 15.8. The number of hydrogen-bond donors (Lipinski definition) is 1. The first-order chi connectivity index (χ1) is 10.4. The number of aliphatic hydroxyl groups excluding tert-OH is 1. The maximum atomic E-state index is 12.0. The fourth-order valence-corrected chi connectivity index (χ4v) is 2.83. The van der Waals surface area contributed by atoms with Crippen LogP contribution in [0.1, 0.15) is 12.5 Å². The van der Waals surface area contributed by atoms with Crippen LogP contribution in [0, 0.1) is 17.2 Å². The normalized spacial score (nSPS) is 24.1. The van der Waals surface area contributed by atoms with Crippen molar-refractivity contribution < 1.29 is 24.2 Å². The van der Waals surface area contributed by atoms with Crippen molar-refractivity contribution in [1.82, 2.24) is 0 Å². The van der Waals surface area contributed by atoms with Gasteiger partial charge in [-0.15, -0.1) is 0 Å². The average molecular weight is 304 g/mol. The molecule has 1 aliphatic heterocycles. The van der Waals surface area contributed by atoms with Crippen molar-refractivity contribution in [1.29, 1.82) is 5.26 Å². The third-order valence-electron chi connectivity index (χ3n) is 4.06. The van der Waals surface area contributed by atoms with Gasteiger partial charge in [0.05, 0.1) is 31.4 Å². The molecule has 0 fully saturated rings. The Labute approximate surface area is 127 Å². The van der Waals surface area contributed by atoms with Crippen LogP contribution in [0.15, 0.2) is 24.3 Å². The molecule has 0 radical (unpaired) electrons. The molecule has 7 heteroatoms. The molecule has 1 aromatic carbocycles. The zero-order chi connectivity index (χ0) is 16.5. The molecule has 22 heavy (non-hydrogen) atoms. The van der Waals surface area contributed by atoms with E-state index < -0.39 is 29.6 Å². The van der Waals surface area contributed by atoms with E-state index in [9.17, 15) is 20.0 Å². The van der Waals surface area contributed by atoms with Crippen LogP contribution < -0.4 is 4.90 Å². The molecule has 1 aliphatic rings. The lowest BCUT2D eigenvalue weighted by molar-refractivity contribution is -0.147. The number of carbonyl (C=O) groups excluding carboxylic acids is 2. The summed E-state index contributed by atoms with van der Waals surface area (Å²) < 4.78 is 9.34. The van der Waals surface area contributed by atoms with E-state index in [0.717, 1.165) is 4.90 Å². The molecule has 7 nitrogen and oxygen atoms in total. The van der Waals surface area contributed by atoms with E-state index in [1.165, 1.54) is 14.2 Å². The lowest BCUT2D eigenvalue weighted by Gasteiger charge is -2.33. The summed E-state index contributed by atoms with van der Waals surface area (Å²) in [6, 6.07) is 8.54. The highest BCUT2D eigenvalue weighted by Gasteiger charge is 2.57. The van der Waals surface area contributed by atoms with Gasteiger partial charge in [0.1, 0.15) is 6.23 Å². The predicted molar refractivity (Wildman–Crippen MR) is 75.8 cm³/mol. The number of benzene rings is 1. The quantitative estimate of drug-likeness (QED) is 0.823. The van der Waals surface area contributed by atoms with E-state index in [4.69, 9.17) is 0 Å². The maximum absolute atomic E-state index is 12.0. The van der Waals surface area contributed by atoms with Gasteiger partial charge in [0, 0.05) is 0 Å². The van der Waals surface area contributed by atoms with E-state index in [2.05, 4.69) is 9.47 Å². The van der Waals surface area contributed by atoms with E-state index >= 15 is 0 Å². The standard InChI is InChI=1S/C15H16N2O5/c1-15(10(8-16)12(18)21-2)9-6-4-5-7-11(9)17(13(15)19)14(20)22-3/h4-7,10,13,19H,1-3H3. The minimum Gasteiger partial charge on any atom is -0.468 e. The summed E-state index contributed by atoms with van der Waals surface area (Å²) in [7, 11) is 2.36. The summed E-state index contributed by atoms with van der Waals surface area (Å²) in [5, 5.41) is 20.0. The van der Waals surface area contributed by atoms with Crippen LogP contribution in [0.2, 0.25) is 0 Å². The number of nitriles is 1. The minimum absolute atomic E-state index is 0.397. The van der Waals surface area contributed by atoms with Crippen molar-refractivity contribution in [2.75, 3.05) is 19.1 Å². The van der Waals surface area contributed by atoms with E-state index in [-0.39, 0.29) is 0 Å². The third-order valence-corrected chi connectivity index (χ3v) is 4.06. The van der Waals surface area contributed by atoms with Crippen molar-refractivity contribution in [2.45, 2.75) is 18.6 Å². The maximum Gasteiger partial charge on any atom is 0.416 e. The van der Waals surface area contributed by atoms with Crippen LogP contribution >= 0.6 is 0 Å². The molecule has 0 spiro atoms. The Bertz CT molecular complexity index is 654. The number of aliphatic hydroxyl groups is 1. The molecule has 0 saturated carbocycles. The summed E-state index contributed by atoms with van der Waals surface area (Å²) >= 11 is 0. The lowest BCUT2D eigenvalue weighted by Crippen LogP contribution is -2.51. The molecule has 1 heterocycles. The second kappa shape index (κ2) is 5.66. The summed E-state index contributed by atoms with van der Waals surface area (Å²) in [6.45, 7) is 1.55. The van der Waals surface area contributed by atoms with Crippen LogP contribution in [-0.2, 0) is 19.7 Å². The van der Waals surface area contributed by atoms with Gasteiger partial charge in [-0.3, -0.25) is 9.69 Å². The Balaban J connectivity index is 2.65. The zero-order valence-corrected chi connectivity index (χ0v) is 12.4. The molecule has 0 aromatic heterocycles. The van der Waals surface area contributed by atoms with Gasteiger partial charge in [-0.1, -0.05) is 18.2 Å². The Hall–Kier alpha value is -2.59. The SMILES string of the molecule is COC(=O)C(C#N)C1(C)c2ccccc2N(C(=O)OC)C1O. The molecule has 0 bridgehead atoms. The van der Waals surface area contributed by atoms with Gasteiger partial charge in [-0.05, 0) is 18.6 Å². The minimum atomic E-state index is -1.43. The number of para-hydroxylation sites is 1. The molecule has 1 aromatic rings. The average Bonchev–Trinajstić information content (AvgIpc) is 2.76. The van der Waals surface area contributed by atoms with Gasteiger partial charge < -0.3 is 14.6 Å². The van der Waals surface area contributed by atoms with Gasteiger partial charge in [-0.25, -0.2) is 4.79 Å². The molecule has 1 amide bonds. The second-order valence-electron chi connectivity index (χ2n) is 5.10. The van der Waals surface area contributed by atoms with E-state index in [1.54, 1.807) is 31.2 Å². The van der Waals surface area contributed by atoms with E-state index in [1.807, 2.05) is 6.07 Å². The third kappa shape index (κ3) is 2.00. The number of carbonyl (C=O) groups is 2. The first-order valence-electron chi connectivity index (χ1n) is 6.55. The molecule has 0 saturated heterocycles. The summed E-state index contributed by atoms with van der Waals surface area (Å²) in [4.78, 5) is 24.9. The van der Waals surface area contributed by atoms with Gasteiger partial charge in [-0.2, -0.15) is 5.26 Å². The van der Waals surface area contributed by atoms with Crippen molar-refractivity contribution >= 4 is 17.7 Å². The monoisotopic (exact) mass is 304 g/mol. The van der Waals surface area contributed by atoms with Crippen LogP contribution in [0.5, 0.6) is 0 Å². The highest BCUT2D eigenvalue weighted by atomic mass is 16.5. The summed E-state index contributed by atoms with van der Waals surface area (Å²) in [5.74, 6) is -2.05. The smallest absolute Gasteiger partial charge is 0.416 e. The van der Waals surface area contributed by atoms with Crippen molar-refractivity contribution in [3.63, 3.8) is 0 Å². The first-order valence-corrected chi connectivity index (χ1v) is 6.55. The number of fused-ring (bicyclic) bond motifs is 1. The zero-order valence-electron chi connectivity index (χ0n) is 12.4. The topological polar surface area (TPSA) is 99.9 Å². The van der Waals surface area contributed by atoms with Gasteiger partial charge in [0.25, 0.3) is 0 Å². The molecule has 3 atom stereocenters. The number of amides is 1. The second-order valence-corrected chi connectivity index (χ2v) is 5.10. The van der Waals surface area contributed by atoms with Crippen LogP contribution in [-0.4, -0.2) is 37.6 Å². The number of anilines is 1. The van der Waals surface area contributed by atoms with Crippen LogP contribution in [0.25, 0.3) is 0 Å². The number of esters is 1. The van der Waals surface area contributed by atoms with E-state index in [0.29, 0.717) is 11.3 Å². The molecule has 3 unspecified atom stereocenters. The Morgan fingerprint density at radius 2 is 2.00 bits per heavy atom. The fourth-order valence-electron chi connectivity index (χ4n) is 2.83. The molecule has 1 N–H and O–H groups in total. The summed E-state index contributed by atoms with van der Waals surface area (Å²) in [6.07, 6.45) is -2.20. The molecule has 116 valence electrons. The van der Waals surface area contributed by atoms with Crippen molar-refractivity contribution in [3.8, 4) is 6.07 Å². The van der Waals surface area contributed by atoms with Gasteiger partial charge in [0.15, 0.2) is 5.92 Å². The predicted octanol–water partition coefficient (Wildman–Crippen LogP) is 1.16. The van der Waals surface area contributed by atoms with Crippen molar-refractivity contribution in [2.24, 2.45) is 5.92 Å². The molecule has 0 aliphatic carbocycles. The Morgan fingerprint density at radius 1 is 1.36 bits per heavy atom. The van der Waals surface area contributed by atoms with Gasteiger partial charge in [0.2, 0.25) is 0 Å². The lowest BCUT2D eigenvalue weighted by atomic mass is 9.72. The largest absolute Gasteiger partial charge is 0.468 e. The molecule has 2 rings (SSSR count). The summed E-state index contributed by atoms with van der Waals surface area (Å²) in [5.41, 5.74) is -0.426. The fraction of sp³-hybridized carbons (Fsp3) is 0.400. The number of rotatable bonds is 2. The number of methoxy groups -OCH3 is 2. The highest BCUT2D eigenvalue weighted by Crippen LogP contribution is 2.49. The van der Waals surface area contributed by atoms with Crippen LogP contribution in [0.4, 0.5) is 10.5 Å². The van der Waals surface area contributed by atoms with Crippen molar-refractivity contribution in [3.05, 3.63) is 29.8 Å². The molecular formula is C15H16N2O5. The number of ether oxygens (including phenoxy) is 2. The molecular weight excluding hydrogens is 288 g/mol. The number of hydrogen-bond acceptors (Lipinski definition) is 6. The highest BCUT2D eigenvalue weighted by molar-refractivity contribution is 5.93. The number of nitrogens with zero attached hydrogens (tertiary/aromatic N) is 2. The van der Waals surface area contributed by atoms with Gasteiger partial charge >= 0.3 is 12.1 Å². The van der Waals surface area contributed by atoms with Crippen LogP contribution in [0.3, 0.4) is 0 Å². The Morgan fingerprint density at radius 3 is 2.55 bits per heavy atom. The Kier molecular flexibility index (Phi) is 4.06.